The Bertz CT molecular complexity index is 340. The molecule has 0 saturated heterocycles. The van der Waals surface area contributed by atoms with Crippen molar-refractivity contribution in [2.45, 2.75) is 31.6 Å². The molecule has 0 radical (unpaired) electrons. The molecule has 0 unspecified atom stereocenters. The number of rotatable bonds is 2. The number of hydrogen-bond donors (Lipinski definition) is 0. The van der Waals surface area contributed by atoms with Crippen molar-refractivity contribution in [1.29, 1.82) is 0 Å². The van der Waals surface area contributed by atoms with Crippen LogP contribution < -0.4 is 0 Å². The minimum absolute atomic E-state index is 0.572. The summed E-state index contributed by atoms with van der Waals surface area (Å²) in [6.07, 6.45) is 5.82. The third-order valence-electron chi connectivity index (χ3n) is 2.98. The third kappa shape index (κ3) is 1.69. The van der Waals surface area contributed by atoms with Gasteiger partial charge in [-0.05, 0) is 24.3 Å². The molecule has 2 heteroatoms. The summed E-state index contributed by atoms with van der Waals surface area (Å²) in [5, 5.41) is 0.661. The standard InChI is InChI=1S/C12H13ClO/c13-12-10(8-14)6-3-7-11(12)9-4-1-2-5-9/h3,6-9H,1-2,4-5H2. The van der Waals surface area contributed by atoms with Crippen LogP contribution >= 0.6 is 11.6 Å². The first kappa shape index (κ1) is 9.72. The maximum absolute atomic E-state index is 10.7. The molecule has 0 amide bonds. The lowest BCUT2D eigenvalue weighted by molar-refractivity contribution is 0.112. The molecule has 0 spiro atoms. The fraction of sp³-hybridized carbons (Fsp3) is 0.417. The minimum Gasteiger partial charge on any atom is -0.298 e. The lowest BCUT2D eigenvalue weighted by Crippen LogP contribution is -1.95. The summed E-state index contributed by atoms with van der Waals surface area (Å²) in [7, 11) is 0. The van der Waals surface area contributed by atoms with Crippen LogP contribution in [0.4, 0.5) is 0 Å². The highest BCUT2D eigenvalue weighted by Crippen LogP contribution is 2.38. The van der Waals surface area contributed by atoms with Crippen molar-refractivity contribution in [2.24, 2.45) is 0 Å². The van der Waals surface area contributed by atoms with Crippen molar-refractivity contribution in [2.75, 3.05) is 0 Å². The van der Waals surface area contributed by atoms with Crippen molar-refractivity contribution >= 4 is 17.9 Å². The van der Waals surface area contributed by atoms with Crippen molar-refractivity contribution < 1.29 is 4.79 Å². The Kier molecular flexibility index (Phi) is 2.87. The molecule has 0 bridgehead atoms. The summed E-state index contributed by atoms with van der Waals surface area (Å²) in [6, 6.07) is 5.74. The molecule has 1 saturated carbocycles. The predicted octanol–water partition coefficient (Wildman–Crippen LogP) is 3.81. The highest BCUT2D eigenvalue weighted by atomic mass is 35.5. The van der Waals surface area contributed by atoms with Crippen LogP contribution in [0.2, 0.25) is 5.02 Å². The maximum atomic E-state index is 10.7. The number of aldehydes is 1. The van der Waals surface area contributed by atoms with Crippen LogP contribution in [-0.4, -0.2) is 6.29 Å². The molecule has 0 aromatic heterocycles. The molecule has 2 rings (SSSR count). The molecule has 1 aliphatic carbocycles. The van der Waals surface area contributed by atoms with E-state index in [0.29, 0.717) is 16.5 Å². The van der Waals surface area contributed by atoms with Gasteiger partial charge in [-0.2, -0.15) is 0 Å². The van der Waals surface area contributed by atoms with Gasteiger partial charge in [0.1, 0.15) is 0 Å². The molecule has 0 N–H and O–H groups in total. The summed E-state index contributed by atoms with van der Waals surface area (Å²) in [4.78, 5) is 10.7. The molecule has 1 aromatic carbocycles. The highest BCUT2D eigenvalue weighted by molar-refractivity contribution is 6.33. The zero-order valence-corrected chi connectivity index (χ0v) is 8.76. The quantitative estimate of drug-likeness (QED) is 0.676. The molecule has 1 nitrogen and oxygen atoms in total. The van der Waals surface area contributed by atoms with Crippen molar-refractivity contribution in [3.8, 4) is 0 Å². The molecule has 0 heterocycles. The van der Waals surface area contributed by atoms with Gasteiger partial charge in [0, 0.05) is 5.56 Å². The summed E-state index contributed by atoms with van der Waals surface area (Å²) in [5.74, 6) is 0.572. The molecule has 0 atom stereocenters. The van der Waals surface area contributed by atoms with E-state index < -0.39 is 0 Å². The zero-order valence-electron chi connectivity index (χ0n) is 8.00. The van der Waals surface area contributed by atoms with Gasteiger partial charge in [-0.1, -0.05) is 42.6 Å². The first-order valence-corrected chi connectivity index (χ1v) is 5.44. The van der Waals surface area contributed by atoms with E-state index in [1.807, 2.05) is 12.1 Å². The number of hydrogen-bond acceptors (Lipinski definition) is 1. The molecule has 0 aliphatic heterocycles. The van der Waals surface area contributed by atoms with E-state index in [9.17, 15) is 4.79 Å². The topological polar surface area (TPSA) is 17.1 Å². The van der Waals surface area contributed by atoms with Crippen LogP contribution in [0.15, 0.2) is 18.2 Å². The summed E-state index contributed by atoms with van der Waals surface area (Å²) in [6.45, 7) is 0. The fourth-order valence-electron chi connectivity index (χ4n) is 2.21. The SMILES string of the molecule is O=Cc1cccc(C2CCCC2)c1Cl. The van der Waals surface area contributed by atoms with E-state index in [1.54, 1.807) is 6.07 Å². The number of carbonyl (C=O) groups is 1. The Hall–Kier alpha value is -0.820. The van der Waals surface area contributed by atoms with E-state index in [0.717, 1.165) is 11.8 Å². The number of halogens is 1. The molecule has 1 aromatic rings. The third-order valence-corrected chi connectivity index (χ3v) is 3.42. The van der Waals surface area contributed by atoms with Crippen molar-refractivity contribution in [3.63, 3.8) is 0 Å². The van der Waals surface area contributed by atoms with Crippen LogP contribution in [0.1, 0.15) is 47.5 Å². The second-order valence-electron chi connectivity index (χ2n) is 3.85. The smallest absolute Gasteiger partial charge is 0.151 e. The van der Waals surface area contributed by atoms with E-state index in [4.69, 9.17) is 11.6 Å². The van der Waals surface area contributed by atoms with Crippen molar-refractivity contribution in [1.82, 2.24) is 0 Å². The van der Waals surface area contributed by atoms with Gasteiger partial charge >= 0.3 is 0 Å². The van der Waals surface area contributed by atoms with Gasteiger partial charge < -0.3 is 0 Å². The van der Waals surface area contributed by atoms with Crippen LogP contribution in [0.25, 0.3) is 0 Å². The van der Waals surface area contributed by atoms with Crippen LogP contribution in [0.5, 0.6) is 0 Å². The first-order chi connectivity index (χ1) is 6.83. The average Bonchev–Trinajstić information content (AvgIpc) is 2.71. The highest BCUT2D eigenvalue weighted by Gasteiger charge is 2.20. The molecule has 1 aliphatic rings. The first-order valence-electron chi connectivity index (χ1n) is 5.06. The lowest BCUT2D eigenvalue weighted by atomic mass is 9.96. The Labute approximate surface area is 89.1 Å². The van der Waals surface area contributed by atoms with Gasteiger partial charge in [-0.3, -0.25) is 4.79 Å². The van der Waals surface area contributed by atoms with Gasteiger partial charge in [0.2, 0.25) is 0 Å². The van der Waals surface area contributed by atoms with Gasteiger partial charge in [0.05, 0.1) is 5.02 Å². The molecule has 14 heavy (non-hydrogen) atoms. The Morgan fingerprint density at radius 2 is 2.00 bits per heavy atom. The largest absolute Gasteiger partial charge is 0.298 e. The Balaban J connectivity index is 2.36. The van der Waals surface area contributed by atoms with Gasteiger partial charge in [-0.25, -0.2) is 0 Å². The minimum atomic E-state index is 0.572. The number of carbonyl (C=O) groups excluding carboxylic acids is 1. The van der Waals surface area contributed by atoms with E-state index in [1.165, 1.54) is 25.7 Å². The average molecular weight is 209 g/mol. The fourth-order valence-corrected chi connectivity index (χ4v) is 2.54. The lowest BCUT2D eigenvalue weighted by Gasteiger charge is -2.12. The zero-order chi connectivity index (χ0) is 9.97. The normalized spacial score (nSPS) is 17.2. The van der Waals surface area contributed by atoms with Gasteiger partial charge in [0.25, 0.3) is 0 Å². The van der Waals surface area contributed by atoms with Crippen LogP contribution in [0, 0.1) is 0 Å². The van der Waals surface area contributed by atoms with Gasteiger partial charge in [-0.15, -0.1) is 0 Å². The van der Waals surface area contributed by atoms with Crippen molar-refractivity contribution in [3.05, 3.63) is 34.3 Å². The summed E-state index contributed by atoms with van der Waals surface area (Å²) in [5.41, 5.74) is 1.78. The molecule has 74 valence electrons. The van der Waals surface area contributed by atoms with Crippen LogP contribution in [-0.2, 0) is 0 Å². The summed E-state index contributed by atoms with van der Waals surface area (Å²) < 4.78 is 0. The molecular formula is C12H13ClO. The Morgan fingerprint density at radius 1 is 1.29 bits per heavy atom. The molecular weight excluding hydrogens is 196 g/mol. The van der Waals surface area contributed by atoms with E-state index in [2.05, 4.69) is 0 Å². The number of benzene rings is 1. The van der Waals surface area contributed by atoms with Gasteiger partial charge in [0.15, 0.2) is 6.29 Å². The monoisotopic (exact) mass is 208 g/mol. The molecule has 1 fully saturated rings. The second kappa shape index (κ2) is 4.14. The predicted molar refractivity (Wildman–Crippen MR) is 58.0 cm³/mol. The van der Waals surface area contributed by atoms with Crippen LogP contribution in [0.3, 0.4) is 0 Å². The van der Waals surface area contributed by atoms with E-state index in [-0.39, 0.29) is 0 Å². The summed E-state index contributed by atoms with van der Waals surface area (Å²) >= 11 is 6.16. The Morgan fingerprint density at radius 3 is 2.64 bits per heavy atom. The van der Waals surface area contributed by atoms with E-state index >= 15 is 0 Å². The maximum Gasteiger partial charge on any atom is 0.151 e. The second-order valence-corrected chi connectivity index (χ2v) is 4.23.